The third-order valence-corrected chi connectivity index (χ3v) is 4.82. The van der Waals surface area contributed by atoms with Gasteiger partial charge in [-0.2, -0.15) is 0 Å². The lowest BCUT2D eigenvalue weighted by molar-refractivity contribution is -0.0684. The van der Waals surface area contributed by atoms with Crippen molar-refractivity contribution in [3.05, 3.63) is 34.6 Å². The number of hydrogen-bond acceptors (Lipinski definition) is 2. The Labute approximate surface area is 131 Å². The van der Waals surface area contributed by atoms with Gasteiger partial charge in [-0.1, -0.05) is 49.4 Å². The van der Waals surface area contributed by atoms with Gasteiger partial charge in [-0.15, -0.1) is 0 Å². The summed E-state index contributed by atoms with van der Waals surface area (Å²) < 4.78 is 20.2. The maximum atomic E-state index is 14.1. The smallest absolute Gasteiger partial charge is 0.145 e. The minimum atomic E-state index is -0.352. The van der Waals surface area contributed by atoms with E-state index in [0.29, 0.717) is 18.6 Å². The molecule has 21 heavy (non-hydrogen) atoms. The monoisotopic (exact) mass is 313 g/mol. The third kappa shape index (κ3) is 3.97. The van der Waals surface area contributed by atoms with Crippen LogP contribution in [0.25, 0.3) is 0 Å². The van der Waals surface area contributed by atoms with Crippen LogP contribution in [0.4, 0.5) is 4.39 Å². The van der Waals surface area contributed by atoms with Gasteiger partial charge in [-0.25, -0.2) is 4.39 Å². The summed E-state index contributed by atoms with van der Waals surface area (Å²) in [5, 5.41) is 0.158. The molecule has 1 aromatic rings. The molecule has 0 spiro atoms. The molecular formula is C17H25ClFNO. The van der Waals surface area contributed by atoms with Gasteiger partial charge in [-0.05, 0) is 37.8 Å². The fraction of sp³-hybridized carbons (Fsp3) is 0.647. The van der Waals surface area contributed by atoms with E-state index < -0.39 is 0 Å². The molecule has 2 nitrogen and oxygen atoms in total. The molecule has 0 aromatic heterocycles. The Balaban J connectivity index is 2.18. The number of benzene rings is 1. The Morgan fingerprint density at radius 1 is 1.29 bits per heavy atom. The van der Waals surface area contributed by atoms with Crippen molar-refractivity contribution in [2.24, 2.45) is 5.73 Å². The molecule has 0 bridgehead atoms. The van der Waals surface area contributed by atoms with Crippen LogP contribution in [0.5, 0.6) is 0 Å². The summed E-state index contributed by atoms with van der Waals surface area (Å²) >= 11 is 5.86. The van der Waals surface area contributed by atoms with E-state index in [1.54, 1.807) is 18.2 Å². The quantitative estimate of drug-likeness (QED) is 0.813. The maximum absolute atomic E-state index is 14.1. The molecule has 0 radical (unpaired) electrons. The average molecular weight is 314 g/mol. The summed E-state index contributed by atoms with van der Waals surface area (Å²) in [6.45, 7) is 2.64. The standard InChI is InChI=1S/C17H25ClFNO/c1-2-21-17(10-5-3-4-6-11-17)15(20)12-13-8-7-9-14(18)16(13)19/h7-9,15H,2-6,10-12,20H2,1H3. The first-order valence-electron chi connectivity index (χ1n) is 7.91. The van der Waals surface area contributed by atoms with E-state index in [4.69, 9.17) is 22.1 Å². The van der Waals surface area contributed by atoms with Gasteiger partial charge < -0.3 is 10.5 Å². The van der Waals surface area contributed by atoms with Gasteiger partial charge >= 0.3 is 0 Å². The van der Waals surface area contributed by atoms with Crippen LogP contribution in [0, 0.1) is 5.82 Å². The number of ether oxygens (including phenoxy) is 1. The predicted molar refractivity (Wildman–Crippen MR) is 85.1 cm³/mol. The number of rotatable bonds is 5. The summed E-state index contributed by atoms with van der Waals surface area (Å²) in [6, 6.07) is 4.89. The summed E-state index contributed by atoms with van der Waals surface area (Å²) in [6.07, 6.45) is 7.11. The first kappa shape index (κ1) is 16.7. The van der Waals surface area contributed by atoms with Gasteiger partial charge in [0.25, 0.3) is 0 Å². The molecule has 1 fully saturated rings. The Morgan fingerprint density at radius 2 is 1.95 bits per heavy atom. The lowest BCUT2D eigenvalue weighted by atomic mass is 9.83. The highest BCUT2D eigenvalue weighted by Crippen LogP contribution is 2.34. The first-order valence-corrected chi connectivity index (χ1v) is 8.29. The van der Waals surface area contributed by atoms with Crippen molar-refractivity contribution in [3.63, 3.8) is 0 Å². The van der Waals surface area contributed by atoms with E-state index in [2.05, 4.69) is 0 Å². The van der Waals surface area contributed by atoms with Crippen LogP contribution in [0.2, 0.25) is 5.02 Å². The van der Waals surface area contributed by atoms with Gasteiger partial charge in [0.15, 0.2) is 0 Å². The largest absolute Gasteiger partial charge is 0.374 e. The molecule has 118 valence electrons. The molecule has 0 heterocycles. The van der Waals surface area contributed by atoms with Crippen molar-refractivity contribution in [2.45, 2.75) is 63.5 Å². The summed E-state index contributed by atoms with van der Waals surface area (Å²) in [5.41, 5.74) is 6.72. The highest BCUT2D eigenvalue weighted by Gasteiger charge is 2.38. The Bertz CT molecular complexity index is 458. The maximum Gasteiger partial charge on any atom is 0.145 e. The topological polar surface area (TPSA) is 35.2 Å². The molecule has 1 saturated carbocycles. The van der Waals surface area contributed by atoms with Crippen molar-refractivity contribution in [1.82, 2.24) is 0 Å². The van der Waals surface area contributed by atoms with Crippen LogP contribution in [0.3, 0.4) is 0 Å². The predicted octanol–water partition coefficient (Wildman–Crippen LogP) is 4.48. The normalized spacial score (nSPS) is 20.0. The molecule has 1 aliphatic carbocycles. The highest BCUT2D eigenvalue weighted by atomic mass is 35.5. The molecule has 0 aliphatic heterocycles. The van der Waals surface area contributed by atoms with Gasteiger partial charge in [0.1, 0.15) is 5.82 Å². The fourth-order valence-electron chi connectivity index (χ4n) is 3.37. The molecule has 1 aromatic carbocycles. The van der Waals surface area contributed by atoms with Crippen LogP contribution in [0.1, 0.15) is 51.0 Å². The molecular weight excluding hydrogens is 289 g/mol. The van der Waals surface area contributed by atoms with E-state index in [1.807, 2.05) is 6.92 Å². The number of nitrogens with two attached hydrogens (primary N) is 1. The van der Waals surface area contributed by atoms with E-state index in [0.717, 1.165) is 25.7 Å². The van der Waals surface area contributed by atoms with E-state index >= 15 is 0 Å². The van der Waals surface area contributed by atoms with Crippen molar-refractivity contribution in [3.8, 4) is 0 Å². The van der Waals surface area contributed by atoms with E-state index in [9.17, 15) is 4.39 Å². The fourth-order valence-corrected chi connectivity index (χ4v) is 3.56. The van der Waals surface area contributed by atoms with E-state index in [-0.39, 0.29) is 22.5 Å². The number of hydrogen-bond donors (Lipinski definition) is 1. The van der Waals surface area contributed by atoms with Gasteiger partial charge in [-0.3, -0.25) is 0 Å². The Kier molecular flexibility index (Phi) is 6.03. The molecule has 1 unspecified atom stereocenters. The second-order valence-electron chi connectivity index (χ2n) is 5.94. The molecule has 2 rings (SSSR count). The van der Waals surface area contributed by atoms with Crippen LogP contribution in [-0.4, -0.2) is 18.2 Å². The molecule has 1 aliphatic rings. The molecule has 0 saturated heterocycles. The summed E-state index contributed by atoms with van der Waals surface area (Å²) in [5.74, 6) is -0.352. The van der Waals surface area contributed by atoms with Crippen molar-refractivity contribution in [1.29, 1.82) is 0 Å². The second-order valence-corrected chi connectivity index (χ2v) is 6.34. The Morgan fingerprint density at radius 3 is 2.57 bits per heavy atom. The SMILES string of the molecule is CCOC1(C(N)Cc2cccc(Cl)c2F)CCCCCC1. The van der Waals surface area contributed by atoms with Gasteiger partial charge in [0.2, 0.25) is 0 Å². The molecule has 1 atom stereocenters. The minimum Gasteiger partial charge on any atom is -0.374 e. The third-order valence-electron chi connectivity index (χ3n) is 4.53. The lowest BCUT2D eigenvalue weighted by Gasteiger charge is -2.38. The highest BCUT2D eigenvalue weighted by molar-refractivity contribution is 6.30. The van der Waals surface area contributed by atoms with Crippen LogP contribution < -0.4 is 5.73 Å². The first-order chi connectivity index (χ1) is 10.1. The number of halogens is 2. The Hall–Kier alpha value is -0.640. The zero-order valence-corrected chi connectivity index (χ0v) is 13.5. The lowest BCUT2D eigenvalue weighted by Crippen LogP contribution is -2.51. The van der Waals surface area contributed by atoms with E-state index in [1.165, 1.54) is 12.8 Å². The summed E-state index contributed by atoms with van der Waals surface area (Å²) in [7, 11) is 0. The van der Waals surface area contributed by atoms with Crippen molar-refractivity contribution in [2.75, 3.05) is 6.61 Å². The van der Waals surface area contributed by atoms with Crippen molar-refractivity contribution < 1.29 is 9.13 Å². The second kappa shape index (κ2) is 7.57. The van der Waals surface area contributed by atoms with Crippen molar-refractivity contribution >= 4 is 11.6 Å². The minimum absolute atomic E-state index is 0.158. The molecule has 0 amide bonds. The average Bonchev–Trinajstić information content (AvgIpc) is 2.71. The summed E-state index contributed by atoms with van der Waals surface area (Å²) in [4.78, 5) is 0. The van der Waals surface area contributed by atoms with Crippen LogP contribution in [0.15, 0.2) is 18.2 Å². The zero-order valence-electron chi connectivity index (χ0n) is 12.7. The van der Waals surface area contributed by atoms with Crippen LogP contribution in [-0.2, 0) is 11.2 Å². The van der Waals surface area contributed by atoms with Crippen LogP contribution >= 0.6 is 11.6 Å². The zero-order chi connectivity index (χ0) is 15.3. The molecule has 4 heteroatoms. The van der Waals surface area contributed by atoms with Gasteiger partial charge in [0, 0.05) is 12.6 Å². The molecule has 2 N–H and O–H groups in total. The van der Waals surface area contributed by atoms with Gasteiger partial charge in [0.05, 0.1) is 10.6 Å².